The minimum atomic E-state index is -5.14. The zero-order valence-corrected chi connectivity index (χ0v) is 24.2. The lowest BCUT2D eigenvalue weighted by atomic mass is 9.98. The zero-order chi connectivity index (χ0) is 31.1. The van der Waals surface area contributed by atoms with Crippen molar-refractivity contribution in [3.63, 3.8) is 0 Å². The first kappa shape index (κ1) is 28.4. The smallest absolute Gasteiger partial charge is 0.317 e. The fourth-order valence-corrected chi connectivity index (χ4v) is 6.44. The van der Waals surface area contributed by atoms with Gasteiger partial charge in [0.25, 0.3) is 11.1 Å². The van der Waals surface area contributed by atoms with Gasteiger partial charge >= 0.3 is 33.8 Å². The van der Waals surface area contributed by atoms with Gasteiger partial charge in [0.2, 0.25) is 0 Å². The van der Waals surface area contributed by atoms with Crippen molar-refractivity contribution < 1.29 is 26.6 Å². The van der Waals surface area contributed by atoms with E-state index >= 15 is 0 Å². The third-order valence-corrected chi connectivity index (χ3v) is 8.60. The molecule has 2 aromatic heterocycles. The molecule has 18 nitrogen and oxygen atoms in total. The van der Waals surface area contributed by atoms with Crippen molar-refractivity contribution in [2.24, 2.45) is 28.2 Å². The highest BCUT2D eigenvalue weighted by molar-refractivity contribution is 7.81. The second-order valence-corrected chi connectivity index (χ2v) is 11.7. The Morgan fingerprint density at radius 1 is 0.651 bits per heavy atom. The van der Waals surface area contributed by atoms with Gasteiger partial charge in [0.1, 0.15) is 12.1 Å². The number of rotatable bonds is 6. The molecule has 2 atom stereocenters. The van der Waals surface area contributed by atoms with E-state index in [4.69, 9.17) is 8.57 Å². The van der Waals surface area contributed by atoms with Crippen molar-refractivity contribution in [2.75, 3.05) is 26.2 Å². The van der Waals surface area contributed by atoms with E-state index in [-0.39, 0.29) is 48.5 Å². The Labute approximate surface area is 242 Å². The Kier molecular flexibility index (Phi) is 6.36. The normalized spacial score (nSPS) is 21.6. The SMILES string of the molecule is Cn1cc(C2=CCN3CC2N(OS(=O)(=O)ON2C(=O)N4CC=C(c5cn(C)c(=O)n(C)c5=O)C2C4)C3=O)c(=O)n(C)c1=O. The fraction of sp³-hybridized carbons (Fsp3) is 0.417. The molecule has 2 fully saturated rings. The Hall–Kier alpha value is -4.75. The molecule has 228 valence electrons. The number of hydrogen-bond donors (Lipinski definition) is 0. The molecule has 0 radical (unpaired) electrons. The van der Waals surface area contributed by atoms with Gasteiger partial charge < -0.3 is 18.9 Å². The Balaban J connectivity index is 1.29. The molecule has 6 heterocycles. The van der Waals surface area contributed by atoms with Gasteiger partial charge in [-0.25, -0.2) is 19.2 Å². The van der Waals surface area contributed by atoms with Crippen LogP contribution >= 0.6 is 0 Å². The lowest BCUT2D eigenvalue weighted by Gasteiger charge is -2.26. The predicted octanol–water partition coefficient (Wildman–Crippen LogP) is -2.70. The zero-order valence-electron chi connectivity index (χ0n) is 23.4. The summed E-state index contributed by atoms with van der Waals surface area (Å²) in [5.41, 5.74) is -1.76. The van der Waals surface area contributed by atoms with Crippen molar-refractivity contribution in [1.29, 1.82) is 0 Å². The number of aryl methyl sites for hydroxylation is 2. The summed E-state index contributed by atoms with van der Waals surface area (Å²) in [6, 6.07) is -3.78. The minimum Gasteiger partial charge on any atom is -0.317 e. The molecule has 4 aliphatic heterocycles. The summed E-state index contributed by atoms with van der Waals surface area (Å²) in [6.45, 7) is 0.0474. The second-order valence-electron chi connectivity index (χ2n) is 10.5. The largest absolute Gasteiger partial charge is 0.442 e. The third kappa shape index (κ3) is 4.34. The summed E-state index contributed by atoms with van der Waals surface area (Å²) in [7, 11) is 0.335. The Morgan fingerprint density at radius 2 is 1.02 bits per heavy atom. The average molecular weight is 619 g/mol. The van der Waals surface area contributed by atoms with E-state index in [1.807, 2.05) is 0 Å². The average Bonchev–Trinajstić information content (AvgIpc) is 3.35. The second kappa shape index (κ2) is 9.64. The maximum Gasteiger partial charge on any atom is 0.442 e. The molecule has 2 saturated heterocycles. The first-order valence-corrected chi connectivity index (χ1v) is 14.3. The quantitative estimate of drug-likeness (QED) is 0.330. The first-order chi connectivity index (χ1) is 20.2. The van der Waals surface area contributed by atoms with Crippen molar-refractivity contribution in [3.8, 4) is 0 Å². The highest BCUT2D eigenvalue weighted by Crippen LogP contribution is 2.35. The highest BCUT2D eigenvalue weighted by Gasteiger charge is 2.49. The summed E-state index contributed by atoms with van der Waals surface area (Å²) in [4.78, 5) is 78.8. The molecule has 4 aliphatic rings. The van der Waals surface area contributed by atoms with Gasteiger partial charge in [-0.3, -0.25) is 18.7 Å². The van der Waals surface area contributed by atoms with E-state index in [1.165, 1.54) is 59.5 Å². The molecule has 0 aliphatic carbocycles. The maximum atomic E-state index is 13.2. The van der Waals surface area contributed by atoms with E-state index in [9.17, 15) is 37.2 Å². The predicted molar refractivity (Wildman–Crippen MR) is 146 cm³/mol. The van der Waals surface area contributed by atoms with Crippen LogP contribution in [0, 0.1) is 0 Å². The Morgan fingerprint density at radius 3 is 1.40 bits per heavy atom. The van der Waals surface area contributed by atoms with E-state index in [2.05, 4.69) is 0 Å². The number of amides is 4. The van der Waals surface area contributed by atoms with Gasteiger partial charge in [-0.1, -0.05) is 12.2 Å². The number of hydrogen-bond acceptors (Lipinski definition) is 10. The highest BCUT2D eigenvalue weighted by atomic mass is 32.3. The van der Waals surface area contributed by atoms with Gasteiger partial charge in [-0.15, -0.1) is 8.57 Å². The van der Waals surface area contributed by atoms with Crippen LogP contribution in [0.25, 0.3) is 11.1 Å². The molecule has 0 N–H and O–H groups in total. The van der Waals surface area contributed by atoms with Crippen LogP contribution < -0.4 is 22.5 Å². The number of hydroxylamine groups is 4. The van der Waals surface area contributed by atoms with Crippen molar-refractivity contribution >= 4 is 33.6 Å². The molecule has 6 rings (SSSR count). The van der Waals surface area contributed by atoms with E-state index in [0.29, 0.717) is 10.1 Å². The summed E-state index contributed by atoms with van der Waals surface area (Å²) < 4.78 is 40.8. The number of nitrogens with zero attached hydrogens (tertiary/aromatic N) is 8. The molecule has 2 aromatic rings. The van der Waals surface area contributed by atoms with Crippen LogP contribution in [-0.4, -0.2) is 96.9 Å². The van der Waals surface area contributed by atoms with Crippen molar-refractivity contribution in [3.05, 3.63) is 77.3 Å². The number of carbonyl (C=O) groups is 2. The van der Waals surface area contributed by atoms with Crippen molar-refractivity contribution in [2.45, 2.75) is 12.1 Å². The van der Waals surface area contributed by atoms with Crippen LogP contribution in [0.15, 0.2) is 43.7 Å². The summed E-state index contributed by atoms with van der Waals surface area (Å²) in [5.74, 6) is 0. The molecule has 0 saturated carbocycles. The first-order valence-electron chi connectivity index (χ1n) is 12.9. The molecule has 19 heteroatoms. The van der Waals surface area contributed by atoms with Gasteiger partial charge in [-0.05, 0) is 11.1 Å². The molecule has 0 spiro atoms. The van der Waals surface area contributed by atoms with Gasteiger partial charge in [0.05, 0.1) is 24.2 Å². The maximum absolute atomic E-state index is 13.2. The van der Waals surface area contributed by atoms with Crippen molar-refractivity contribution in [1.82, 2.24) is 38.2 Å². The third-order valence-electron chi connectivity index (χ3n) is 7.91. The summed E-state index contributed by atoms with van der Waals surface area (Å²) in [5, 5.41) is 1.09. The number of fused-ring (bicyclic) bond motifs is 4. The van der Waals surface area contributed by atoms with Gasteiger partial charge in [0.15, 0.2) is 0 Å². The molecular formula is C24H26N8O10S. The Bertz CT molecular complexity index is 1880. The monoisotopic (exact) mass is 618 g/mol. The number of urea groups is 2. The van der Waals surface area contributed by atoms with Gasteiger partial charge in [0, 0.05) is 53.7 Å². The van der Waals surface area contributed by atoms with E-state index < -0.39 is 57.0 Å². The fourth-order valence-electron chi connectivity index (χ4n) is 5.68. The topological polar surface area (TPSA) is 188 Å². The number of carbonyl (C=O) groups excluding carboxylic acids is 2. The van der Waals surface area contributed by atoms with Crippen LogP contribution in [0.1, 0.15) is 11.1 Å². The lowest BCUT2D eigenvalue weighted by molar-refractivity contribution is -0.0702. The molecule has 4 bridgehead atoms. The molecule has 4 amide bonds. The van der Waals surface area contributed by atoms with E-state index in [1.54, 1.807) is 12.2 Å². The molecule has 2 unspecified atom stereocenters. The lowest BCUT2D eigenvalue weighted by Crippen LogP contribution is -2.44. The van der Waals surface area contributed by atoms with Crippen LogP contribution in [0.4, 0.5) is 9.59 Å². The van der Waals surface area contributed by atoms with E-state index in [0.717, 1.165) is 9.13 Å². The van der Waals surface area contributed by atoms with Crippen LogP contribution in [0.3, 0.4) is 0 Å². The van der Waals surface area contributed by atoms with Crippen LogP contribution in [0.5, 0.6) is 0 Å². The minimum absolute atomic E-state index is 0.0197. The summed E-state index contributed by atoms with van der Waals surface area (Å²) >= 11 is 0. The standard InChI is InChI=1S/C24H26N8O10S/c1-25-9-15(19(33)27(3)21(25)35)13-5-7-29-11-17(13)31(23(29)37)41-43(39,40)42-32-18-12-30(24(32)38)8-6-14(18)16-10-26(2)22(36)28(4)20(16)34/h5-6,9-10,17-18H,7-8,11-12H2,1-4H3. The number of aromatic nitrogens is 4. The van der Waals surface area contributed by atoms with Gasteiger partial charge in [-0.2, -0.15) is 18.5 Å². The summed E-state index contributed by atoms with van der Waals surface area (Å²) in [6.07, 6.45) is 5.73. The van der Waals surface area contributed by atoms with Crippen LogP contribution in [0.2, 0.25) is 0 Å². The molecule has 43 heavy (non-hydrogen) atoms. The van der Waals surface area contributed by atoms with Crippen LogP contribution in [-0.2, 0) is 47.2 Å². The molecular weight excluding hydrogens is 592 g/mol. The molecule has 0 aromatic carbocycles.